The molecule has 3 nitrogen and oxygen atoms in total. The molecule has 1 atom stereocenters. The number of rotatable bonds is 4. The van der Waals surface area contributed by atoms with Gasteiger partial charge in [-0.2, -0.15) is 13.2 Å². The molecule has 0 amide bonds. The van der Waals surface area contributed by atoms with E-state index in [1.807, 2.05) is 12.1 Å². The zero-order valence-electron chi connectivity index (χ0n) is 15.9. The van der Waals surface area contributed by atoms with E-state index < -0.39 is 17.7 Å². The quantitative estimate of drug-likeness (QED) is 0.353. The van der Waals surface area contributed by atoms with Crippen molar-refractivity contribution in [1.29, 1.82) is 0 Å². The smallest absolute Gasteiger partial charge is 0.417 e. The summed E-state index contributed by atoms with van der Waals surface area (Å²) in [5.41, 5.74) is 1.23. The fourth-order valence-electron chi connectivity index (χ4n) is 3.52. The maximum atomic E-state index is 12.9. The lowest BCUT2D eigenvalue weighted by molar-refractivity contribution is -0.137. The van der Waals surface area contributed by atoms with E-state index in [1.54, 1.807) is 36.5 Å². The number of benzene rings is 2. The topological polar surface area (TPSA) is 46.0 Å². The molecule has 0 spiro atoms. The Morgan fingerprint density at radius 1 is 0.935 bits per heavy atom. The molecule has 0 fully saturated rings. The summed E-state index contributed by atoms with van der Waals surface area (Å²) in [6.07, 6.45) is -1.87. The van der Waals surface area contributed by atoms with Crippen LogP contribution in [0.15, 0.2) is 67.0 Å². The Kier molecular flexibility index (Phi) is 5.77. The highest BCUT2D eigenvalue weighted by Gasteiger charge is 2.31. The van der Waals surface area contributed by atoms with E-state index >= 15 is 0 Å². The van der Waals surface area contributed by atoms with Gasteiger partial charge in [-0.15, -0.1) is 0 Å². The fraction of sp³-hybridized carbons (Fsp3) is 0.130. The van der Waals surface area contributed by atoms with Crippen molar-refractivity contribution in [2.45, 2.75) is 18.5 Å². The van der Waals surface area contributed by atoms with Crippen LogP contribution in [0.3, 0.4) is 0 Å². The maximum absolute atomic E-state index is 12.9. The lowest BCUT2D eigenvalue weighted by Crippen LogP contribution is -2.10. The number of aromatic hydroxyl groups is 1. The van der Waals surface area contributed by atoms with Crippen LogP contribution >= 0.6 is 23.2 Å². The molecule has 31 heavy (non-hydrogen) atoms. The molecule has 2 aromatic carbocycles. The Morgan fingerprint density at radius 2 is 1.71 bits per heavy atom. The number of phenolic OH excluding ortho intramolecular Hbond substituents is 1. The monoisotopic (exact) mass is 462 g/mol. The molecule has 1 N–H and O–H groups in total. The second-order valence-corrected chi connectivity index (χ2v) is 7.88. The van der Waals surface area contributed by atoms with E-state index in [0.29, 0.717) is 32.4 Å². The fourth-order valence-corrected chi connectivity index (χ4v) is 4.06. The average Bonchev–Trinajstić information content (AvgIpc) is 2.73. The molecule has 0 aliphatic heterocycles. The summed E-state index contributed by atoms with van der Waals surface area (Å²) in [6, 6.07) is 14.5. The van der Waals surface area contributed by atoms with Crippen molar-refractivity contribution >= 4 is 34.1 Å². The SMILES string of the molecule is Oc1c(C(Cc2ccc(C(F)(F)F)cn2)c2ccc(Cl)cc2Cl)ccc2cccnc12. The Bertz CT molecular complexity index is 1240. The highest BCUT2D eigenvalue weighted by atomic mass is 35.5. The number of halogens is 5. The largest absolute Gasteiger partial charge is 0.505 e. The van der Waals surface area contributed by atoms with Crippen LogP contribution in [-0.2, 0) is 12.6 Å². The average molecular weight is 463 g/mol. The third kappa shape index (κ3) is 4.45. The minimum atomic E-state index is -4.47. The molecule has 4 rings (SSSR count). The zero-order valence-corrected chi connectivity index (χ0v) is 17.4. The molecule has 0 radical (unpaired) electrons. The molecule has 1 unspecified atom stereocenters. The number of pyridine rings is 2. The molecular formula is C23H15Cl2F3N2O. The Labute approximate surface area is 186 Å². The van der Waals surface area contributed by atoms with Crippen LogP contribution in [0.4, 0.5) is 13.2 Å². The summed E-state index contributed by atoms with van der Waals surface area (Å²) in [6.45, 7) is 0. The molecular weight excluding hydrogens is 448 g/mol. The van der Waals surface area contributed by atoms with Gasteiger partial charge in [0.05, 0.1) is 5.56 Å². The summed E-state index contributed by atoms with van der Waals surface area (Å²) in [5.74, 6) is -0.499. The first kappa shape index (κ1) is 21.4. The van der Waals surface area contributed by atoms with E-state index in [2.05, 4.69) is 9.97 Å². The predicted molar refractivity (Wildman–Crippen MR) is 115 cm³/mol. The lowest BCUT2D eigenvalue weighted by Gasteiger charge is -2.21. The second-order valence-electron chi connectivity index (χ2n) is 7.04. The van der Waals surface area contributed by atoms with Gasteiger partial charge in [-0.1, -0.05) is 47.5 Å². The van der Waals surface area contributed by atoms with Gasteiger partial charge in [-0.25, -0.2) is 0 Å². The van der Waals surface area contributed by atoms with E-state index in [0.717, 1.165) is 17.6 Å². The van der Waals surface area contributed by atoms with Crippen molar-refractivity contribution in [3.63, 3.8) is 0 Å². The summed E-state index contributed by atoms with van der Waals surface area (Å²) in [5, 5.41) is 12.5. The Balaban J connectivity index is 1.82. The maximum Gasteiger partial charge on any atom is 0.417 e. The van der Waals surface area contributed by atoms with E-state index in [4.69, 9.17) is 23.2 Å². The summed E-state index contributed by atoms with van der Waals surface area (Å²) in [4.78, 5) is 8.24. The van der Waals surface area contributed by atoms with Crippen molar-refractivity contribution in [3.8, 4) is 5.75 Å². The number of alkyl halides is 3. The van der Waals surface area contributed by atoms with Gasteiger partial charge in [0.25, 0.3) is 0 Å². The highest BCUT2D eigenvalue weighted by molar-refractivity contribution is 6.35. The first-order chi connectivity index (χ1) is 14.7. The van der Waals surface area contributed by atoms with Crippen LogP contribution in [0.25, 0.3) is 10.9 Å². The van der Waals surface area contributed by atoms with Gasteiger partial charge in [0.15, 0.2) is 0 Å². The second kappa shape index (κ2) is 8.36. The van der Waals surface area contributed by atoms with Crippen molar-refractivity contribution in [2.75, 3.05) is 0 Å². The highest BCUT2D eigenvalue weighted by Crippen LogP contribution is 2.40. The first-order valence-corrected chi connectivity index (χ1v) is 10.0. The van der Waals surface area contributed by atoms with Crippen molar-refractivity contribution in [1.82, 2.24) is 9.97 Å². The minimum Gasteiger partial charge on any atom is -0.505 e. The van der Waals surface area contributed by atoms with Crippen LogP contribution in [0, 0.1) is 0 Å². The van der Waals surface area contributed by atoms with Crippen molar-refractivity contribution in [2.24, 2.45) is 0 Å². The van der Waals surface area contributed by atoms with E-state index in [1.165, 1.54) is 6.07 Å². The number of nitrogens with zero attached hydrogens (tertiary/aromatic N) is 2. The number of hydrogen-bond acceptors (Lipinski definition) is 3. The molecule has 4 aromatic rings. The third-order valence-electron chi connectivity index (χ3n) is 5.06. The number of aromatic nitrogens is 2. The van der Waals surface area contributed by atoms with Crippen LogP contribution in [0.1, 0.15) is 28.3 Å². The molecule has 8 heteroatoms. The van der Waals surface area contributed by atoms with Gasteiger partial charge >= 0.3 is 6.18 Å². The van der Waals surface area contributed by atoms with E-state index in [9.17, 15) is 18.3 Å². The number of hydrogen-bond donors (Lipinski definition) is 1. The zero-order chi connectivity index (χ0) is 22.2. The van der Waals surface area contributed by atoms with Crippen LogP contribution < -0.4 is 0 Å². The molecule has 0 bridgehead atoms. The summed E-state index contributed by atoms with van der Waals surface area (Å²) < 4.78 is 38.7. The van der Waals surface area contributed by atoms with Crippen molar-refractivity contribution in [3.05, 3.63) is 99.4 Å². The molecule has 2 aromatic heterocycles. The number of fused-ring (bicyclic) bond motifs is 1. The van der Waals surface area contributed by atoms with Crippen LogP contribution in [0.5, 0.6) is 5.75 Å². The number of phenols is 1. The van der Waals surface area contributed by atoms with Crippen LogP contribution in [-0.4, -0.2) is 15.1 Å². The van der Waals surface area contributed by atoms with Gasteiger partial charge in [-0.05, 0) is 35.9 Å². The summed E-state index contributed by atoms with van der Waals surface area (Å²) in [7, 11) is 0. The van der Waals surface area contributed by atoms with Gasteiger partial charge in [0.1, 0.15) is 11.3 Å². The standard InChI is InChI=1S/C23H15Cl2F3N2O/c24-15-5-8-17(20(25)10-15)19(11-16-6-4-14(12-30-16)23(26,27)28)18-7-3-13-2-1-9-29-21(13)22(18)31/h1-10,12,19,31H,11H2. The molecule has 158 valence electrons. The van der Waals surface area contributed by atoms with Gasteiger partial charge < -0.3 is 5.11 Å². The first-order valence-electron chi connectivity index (χ1n) is 9.27. The van der Waals surface area contributed by atoms with Crippen LogP contribution in [0.2, 0.25) is 10.0 Å². The van der Waals surface area contributed by atoms with Gasteiger partial charge in [-0.3, -0.25) is 9.97 Å². The lowest BCUT2D eigenvalue weighted by atomic mass is 9.86. The predicted octanol–water partition coefficient (Wildman–Crippen LogP) is 7.04. The minimum absolute atomic E-state index is 0.0129. The molecule has 0 saturated carbocycles. The third-order valence-corrected chi connectivity index (χ3v) is 5.62. The Morgan fingerprint density at radius 3 is 2.39 bits per heavy atom. The van der Waals surface area contributed by atoms with Gasteiger partial charge in [0, 0.05) is 51.4 Å². The molecule has 0 aliphatic rings. The van der Waals surface area contributed by atoms with Gasteiger partial charge in [0.2, 0.25) is 0 Å². The summed E-state index contributed by atoms with van der Waals surface area (Å²) >= 11 is 12.5. The normalized spacial score (nSPS) is 12.8. The molecule has 0 aliphatic carbocycles. The van der Waals surface area contributed by atoms with E-state index in [-0.39, 0.29) is 12.2 Å². The molecule has 2 heterocycles. The molecule has 0 saturated heterocycles. The Hall–Kier alpha value is -2.83. The van der Waals surface area contributed by atoms with Crippen molar-refractivity contribution < 1.29 is 18.3 Å².